The molecule has 7 nitrogen and oxygen atoms in total. The lowest BCUT2D eigenvalue weighted by Crippen LogP contribution is -2.28. The van der Waals surface area contributed by atoms with Gasteiger partial charge in [0.25, 0.3) is 0 Å². The predicted octanol–water partition coefficient (Wildman–Crippen LogP) is 1.66. The SMILES string of the molecule is Cl.Cn1cc([C@H]2CNC[C@@H]2C(=O)Nc2ccc3[nH]ncc3c2)cn1. The van der Waals surface area contributed by atoms with E-state index in [2.05, 4.69) is 25.9 Å². The van der Waals surface area contributed by atoms with Crippen LogP contribution >= 0.6 is 12.4 Å². The van der Waals surface area contributed by atoms with Crippen LogP contribution in [0.4, 0.5) is 5.69 Å². The van der Waals surface area contributed by atoms with Gasteiger partial charge in [-0.25, -0.2) is 0 Å². The minimum Gasteiger partial charge on any atom is -0.326 e. The van der Waals surface area contributed by atoms with Crippen LogP contribution in [0.1, 0.15) is 11.5 Å². The number of aromatic nitrogens is 4. The zero-order valence-electron chi connectivity index (χ0n) is 13.2. The van der Waals surface area contributed by atoms with E-state index in [1.165, 1.54) is 0 Å². The van der Waals surface area contributed by atoms with Crippen molar-refractivity contribution in [3.8, 4) is 0 Å². The van der Waals surface area contributed by atoms with Crippen LogP contribution in [0.5, 0.6) is 0 Å². The van der Waals surface area contributed by atoms with Crippen molar-refractivity contribution in [1.29, 1.82) is 0 Å². The van der Waals surface area contributed by atoms with Gasteiger partial charge >= 0.3 is 0 Å². The van der Waals surface area contributed by atoms with Gasteiger partial charge in [0.05, 0.1) is 23.8 Å². The molecule has 1 amide bonds. The summed E-state index contributed by atoms with van der Waals surface area (Å²) in [6, 6.07) is 5.74. The molecule has 4 rings (SSSR count). The van der Waals surface area contributed by atoms with Gasteiger partial charge in [0.1, 0.15) is 0 Å². The lowest BCUT2D eigenvalue weighted by Gasteiger charge is -2.17. The molecule has 0 radical (unpaired) electrons. The Morgan fingerprint density at radius 3 is 3.00 bits per heavy atom. The van der Waals surface area contributed by atoms with Crippen molar-refractivity contribution < 1.29 is 4.79 Å². The van der Waals surface area contributed by atoms with Crippen LogP contribution in [0, 0.1) is 5.92 Å². The largest absolute Gasteiger partial charge is 0.326 e. The summed E-state index contributed by atoms with van der Waals surface area (Å²) in [4.78, 5) is 12.7. The van der Waals surface area contributed by atoms with E-state index < -0.39 is 0 Å². The number of H-pyrrole nitrogens is 1. The van der Waals surface area contributed by atoms with E-state index in [1.807, 2.05) is 37.6 Å². The molecule has 0 saturated carbocycles. The summed E-state index contributed by atoms with van der Waals surface area (Å²) >= 11 is 0. The number of anilines is 1. The summed E-state index contributed by atoms with van der Waals surface area (Å²) in [6.45, 7) is 1.48. The quantitative estimate of drug-likeness (QED) is 0.673. The van der Waals surface area contributed by atoms with E-state index in [0.717, 1.165) is 28.7 Å². The number of nitrogens with zero attached hydrogens (tertiary/aromatic N) is 3. The first-order valence-electron chi connectivity index (χ1n) is 7.64. The highest BCUT2D eigenvalue weighted by Gasteiger charge is 2.34. The Hall–Kier alpha value is -2.38. The van der Waals surface area contributed by atoms with E-state index in [-0.39, 0.29) is 30.2 Å². The first-order valence-corrected chi connectivity index (χ1v) is 7.64. The summed E-state index contributed by atoms with van der Waals surface area (Å²) in [5.74, 6) is 0.0901. The molecule has 2 atom stereocenters. The molecule has 0 bridgehead atoms. The smallest absolute Gasteiger partial charge is 0.229 e. The highest BCUT2D eigenvalue weighted by Crippen LogP contribution is 2.29. The number of benzene rings is 1. The van der Waals surface area contributed by atoms with Crippen molar-refractivity contribution in [2.24, 2.45) is 13.0 Å². The molecule has 0 spiro atoms. The van der Waals surface area contributed by atoms with Crippen molar-refractivity contribution in [1.82, 2.24) is 25.3 Å². The molecule has 0 unspecified atom stereocenters. The second-order valence-corrected chi connectivity index (χ2v) is 5.98. The molecular formula is C16H19ClN6O. The number of carbonyl (C=O) groups excluding carboxylic acids is 1. The molecule has 24 heavy (non-hydrogen) atoms. The monoisotopic (exact) mass is 346 g/mol. The first-order chi connectivity index (χ1) is 11.2. The van der Waals surface area contributed by atoms with E-state index >= 15 is 0 Å². The summed E-state index contributed by atoms with van der Waals surface area (Å²) in [7, 11) is 1.89. The Morgan fingerprint density at radius 1 is 1.33 bits per heavy atom. The van der Waals surface area contributed by atoms with Crippen molar-refractivity contribution in [3.05, 3.63) is 42.4 Å². The third-order valence-electron chi connectivity index (χ3n) is 4.41. The Labute approximate surface area is 145 Å². The molecule has 8 heteroatoms. The zero-order valence-corrected chi connectivity index (χ0v) is 14.0. The van der Waals surface area contributed by atoms with Gasteiger partial charge in [-0.15, -0.1) is 12.4 Å². The first kappa shape index (κ1) is 16.5. The van der Waals surface area contributed by atoms with Crippen LogP contribution < -0.4 is 10.6 Å². The molecule has 0 aliphatic carbocycles. The van der Waals surface area contributed by atoms with E-state index in [4.69, 9.17) is 0 Å². The minimum atomic E-state index is -0.0979. The van der Waals surface area contributed by atoms with Gasteiger partial charge in [-0.1, -0.05) is 0 Å². The number of hydrogen-bond donors (Lipinski definition) is 3. The molecule has 3 N–H and O–H groups in total. The van der Waals surface area contributed by atoms with Gasteiger partial charge in [-0.3, -0.25) is 14.6 Å². The normalized spacial score (nSPS) is 20.0. The third-order valence-corrected chi connectivity index (χ3v) is 4.41. The van der Waals surface area contributed by atoms with Gasteiger partial charge in [0.15, 0.2) is 0 Å². The van der Waals surface area contributed by atoms with Crippen molar-refractivity contribution >= 4 is 34.9 Å². The summed E-state index contributed by atoms with van der Waals surface area (Å²) in [5, 5.41) is 18.4. The predicted molar refractivity (Wildman–Crippen MR) is 94.3 cm³/mol. The van der Waals surface area contributed by atoms with Crippen LogP contribution in [0.2, 0.25) is 0 Å². The molecule has 1 saturated heterocycles. The summed E-state index contributed by atoms with van der Waals surface area (Å²) in [5.41, 5.74) is 2.85. The standard InChI is InChI=1S/C16H18N6O.ClH/c1-22-9-11(6-19-22)13-7-17-8-14(13)16(23)20-12-2-3-15-10(4-12)5-18-21-15;/h2-6,9,13-14,17H,7-8H2,1H3,(H,18,21)(H,20,23);1H/t13-,14+;/m1./s1. The fourth-order valence-electron chi connectivity index (χ4n) is 3.19. The Bertz CT molecular complexity index is 857. The summed E-state index contributed by atoms with van der Waals surface area (Å²) in [6.07, 6.45) is 5.57. The van der Waals surface area contributed by atoms with Crippen LogP contribution in [-0.2, 0) is 11.8 Å². The van der Waals surface area contributed by atoms with Gasteiger partial charge in [-0.05, 0) is 23.8 Å². The molecule has 2 aromatic heterocycles. The minimum absolute atomic E-state index is 0. The van der Waals surface area contributed by atoms with E-state index in [0.29, 0.717) is 6.54 Å². The van der Waals surface area contributed by atoms with Crippen LogP contribution in [0.3, 0.4) is 0 Å². The molecule has 1 aromatic carbocycles. The lowest BCUT2D eigenvalue weighted by atomic mass is 9.90. The van der Waals surface area contributed by atoms with Crippen LogP contribution in [-0.4, -0.2) is 39.0 Å². The average molecular weight is 347 g/mol. The molecule has 1 fully saturated rings. The van der Waals surface area contributed by atoms with Crippen molar-refractivity contribution in [2.75, 3.05) is 18.4 Å². The second-order valence-electron chi connectivity index (χ2n) is 5.98. The van der Waals surface area contributed by atoms with E-state index in [9.17, 15) is 4.79 Å². The highest BCUT2D eigenvalue weighted by molar-refractivity contribution is 5.95. The van der Waals surface area contributed by atoms with Gasteiger partial charge < -0.3 is 10.6 Å². The fourth-order valence-corrected chi connectivity index (χ4v) is 3.19. The van der Waals surface area contributed by atoms with Gasteiger partial charge in [0.2, 0.25) is 5.91 Å². The Balaban J connectivity index is 0.00000169. The van der Waals surface area contributed by atoms with Crippen LogP contribution in [0.25, 0.3) is 10.9 Å². The maximum atomic E-state index is 12.7. The van der Waals surface area contributed by atoms with Crippen LogP contribution in [0.15, 0.2) is 36.8 Å². The Kier molecular flexibility index (Phi) is 4.55. The number of nitrogens with one attached hydrogen (secondary N) is 3. The van der Waals surface area contributed by atoms with E-state index in [1.54, 1.807) is 10.9 Å². The number of aromatic amines is 1. The molecule has 1 aliphatic rings. The Morgan fingerprint density at radius 2 is 2.21 bits per heavy atom. The molecule has 1 aliphatic heterocycles. The van der Waals surface area contributed by atoms with Crippen molar-refractivity contribution in [2.45, 2.75) is 5.92 Å². The number of aryl methyl sites for hydroxylation is 1. The highest BCUT2D eigenvalue weighted by atomic mass is 35.5. The zero-order chi connectivity index (χ0) is 15.8. The topological polar surface area (TPSA) is 87.6 Å². The number of fused-ring (bicyclic) bond motifs is 1. The maximum Gasteiger partial charge on any atom is 0.229 e. The third kappa shape index (κ3) is 3.00. The number of amides is 1. The number of hydrogen-bond acceptors (Lipinski definition) is 4. The van der Waals surface area contributed by atoms with Gasteiger partial charge in [-0.2, -0.15) is 10.2 Å². The molecule has 3 heterocycles. The molecule has 126 valence electrons. The molecular weight excluding hydrogens is 328 g/mol. The molecule has 3 aromatic rings. The number of carbonyl (C=O) groups is 1. The number of rotatable bonds is 3. The summed E-state index contributed by atoms with van der Waals surface area (Å²) < 4.78 is 1.77. The maximum absolute atomic E-state index is 12.7. The average Bonchev–Trinajstić information content (AvgIpc) is 3.26. The fraction of sp³-hybridized carbons (Fsp3) is 0.312. The lowest BCUT2D eigenvalue weighted by molar-refractivity contribution is -0.119. The second kappa shape index (κ2) is 6.62. The van der Waals surface area contributed by atoms with Gasteiger partial charge in [0, 0.05) is 43.3 Å². The van der Waals surface area contributed by atoms with Crippen molar-refractivity contribution in [3.63, 3.8) is 0 Å². The number of halogens is 1.